The number of ether oxygens (including phenoxy) is 2. The maximum Gasteiger partial charge on any atom is 0.262 e. The molecule has 4 nitrogen and oxygen atoms in total. The van der Waals surface area contributed by atoms with Gasteiger partial charge in [0, 0.05) is 5.56 Å². The zero-order valence-corrected chi connectivity index (χ0v) is 15.2. The van der Waals surface area contributed by atoms with Gasteiger partial charge in [0.15, 0.2) is 11.5 Å². The molecule has 132 valence electrons. The predicted molar refractivity (Wildman–Crippen MR) is 103 cm³/mol. The molecule has 0 saturated heterocycles. The van der Waals surface area contributed by atoms with Gasteiger partial charge in [-0.2, -0.15) is 0 Å². The van der Waals surface area contributed by atoms with Crippen LogP contribution >= 0.6 is 11.3 Å². The Kier molecular flexibility index (Phi) is 4.63. The summed E-state index contributed by atoms with van der Waals surface area (Å²) in [6.07, 6.45) is 0. The van der Waals surface area contributed by atoms with E-state index in [1.807, 2.05) is 66.9 Å². The Balaban J connectivity index is 1.53. The summed E-state index contributed by atoms with van der Waals surface area (Å²) in [7, 11) is 0. The zero-order chi connectivity index (χ0) is 17.9. The normalized spacial score (nSPS) is 13.9. The molecule has 1 aromatic heterocycles. The van der Waals surface area contributed by atoms with Crippen LogP contribution in [0.25, 0.3) is 11.1 Å². The summed E-state index contributed by atoms with van der Waals surface area (Å²) in [6.45, 7) is 3.09. The summed E-state index contributed by atoms with van der Waals surface area (Å²) in [5.74, 6) is 1.42. The highest BCUT2D eigenvalue weighted by Gasteiger charge is 2.19. The van der Waals surface area contributed by atoms with Crippen LogP contribution in [0.15, 0.2) is 60.0 Å². The first kappa shape index (κ1) is 16.7. The Bertz CT molecular complexity index is 920. The highest BCUT2D eigenvalue weighted by Crippen LogP contribution is 2.33. The maximum atomic E-state index is 12.8. The highest BCUT2D eigenvalue weighted by molar-refractivity contribution is 7.12. The number of amides is 1. The van der Waals surface area contributed by atoms with Gasteiger partial charge in [0.25, 0.3) is 5.91 Å². The molecule has 3 aromatic rings. The van der Waals surface area contributed by atoms with Gasteiger partial charge in [0.05, 0.1) is 10.9 Å². The van der Waals surface area contributed by atoms with Gasteiger partial charge in [-0.15, -0.1) is 11.3 Å². The van der Waals surface area contributed by atoms with E-state index in [0.29, 0.717) is 13.2 Å². The first-order valence-corrected chi connectivity index (χ1v) is 9.43. The molecule has 1 aliphatic rings. The molecule has 4 rings (SSSR count). The second-order valence-corrected chi connectivity index (χ2v) is 7.04. The molecule has 2 heterocycles. The first-order valence-electron chi connectivity index (χ1n) is 8.55. The van der Waals surface area contributed by atoms with Crippen LogP contribution in [-0.2, 0) is 0 Å². The van der Waals surface area contributed by atoms with Crippen molar-refractivity contribution in [1.29, 1.82) is 0 Å². The van der Waals surface area contributed by atoms with Crippen LogP contribution in [-0.4, -0.2) is 19.1 Å². The van der Waals surface area contributed by atoms with Crippen LogP contribution in [0.5, 0.6) is 11.5 Å². The average Bonchev–Trinajstić information content (AvgIpc) is 3.18. The van der Waals surface area contributed by atoms with Crippen LogP contribution in [0.2, 0.25) is 0 Å². The lowest BCUT2D eigenvalue weighted by molar-refractivity contribution is 0.0944. The predicted octanol–water partition coefficient (Wildman–Crippen LogP) is 4.68. The number of carbonyl (C=O) groups excluding carboxylic acids is 1. The maximum absolute atomic E-state index is 12.8. The number of carbonyl (C=O) groups is 1. The van der Waals surface area contributed by atoms with Crippen molar-refractivity contribution in [2.75, 3.05) is 13.2 Å². The molecule has 0 fully saturated rings. The fourth-order valence-corrected chi connectivity index (χ4v) is 3.82. The molecular weight excluding hydrogens is 346 g/mol. The van der Waals surface area contributed by atoms with Crippen molar-refractivity contribution in [3.8, 4) is 22.6 Å². The Hall–Kier alpha value is -2.79. The van der Waals surface area contributed by atoms with Crippen molar-refractivity contribution >= 4 is 17.2 Å². The molecule has 1 aliphatic heterocycles. The van der Waals surface area contributed by atoms with Gasteiger partial charge in [-0.25, -0.2) is 0 Å². The van der Waals surface area contributed by atoms with Gasteiger partial charge >= 0.3 is 0 Å². The van der Waals surface area contributed by atoms with Gasteiger partial charge in [-0.05, 0) is 41.6 Å². The highest BCUT2D eigenvalue weighted by atomic mass is 32.1. The van der Waals surface area contributed by atoms with Crippen molar-refractivity contribution in [3.05, 3.63) is 70.4 Å². The van der Waals surface area contributed by atoms with Crippen molar-refractivity contribution < 1.29 is 14.3 Å². The Labute approximate surface area is 156 Å². The summed E-state index contributed by atoms with van der Waals surface area (Å²) in [5.41, 5.74) is 2.99. The van der Waals surface area contributed by atoms with Crippen molar-refractivity contribution in [3.63, 3.8) is 0 Å². The van der Waals surface area contributed by atoms with Crippen LogP contribution in [0.3, 0.4) is 0 Å². The van der Waals surface area contributed by atoms with Crippen molar-refractivity contribution in [2.24, 2.45) is 0 Å². The molecule has 0 bridgehead atoms. The standard InChI is InChI=1S/C21H19NO3S/c1-14(16-7-8-18-19(13-16)25-11-10-24-18)22-21(23)20-17(9-12-26-20)15-5-3-2-4-6-15/h2-9,12-14H,10-11H2,1H3,(H,22,23). The number of hydrogen-bond acceptors (Lipinski definition) is 4. The van der Waals surface area contributed by atoms with Crippen LogP contribution in [0.1, 0.15) is 28.2 Å². The van der Waals surface area contributed by atoms with E-state index in [0.717, 1.165) is 33.1 Å². The minimum absolute atomic E-state index is 0.0683. The number of benzene rings is 2. The Morgan fingerprint density at radius 2 is 1.81 bits per heavy atom. The van der Waals surface area contributed by atoms with E-state index in [2.05, 4.69) is 5.32 Å². The summed E-state index contributed by atoms with van der Waals surface area (Å²) in [6, 6.07) is 17.6. The number of thiophene rings is 1. The number of fused-ring (bicyclic) bond motifs is 1. The van der Waals surface area contributed by atoms with E-state index in [1.54, 1.807) is 0 Å². The first-order chi connectivity index (χ1) is 12.7. The van der Waals surface area contributed by atoms with Crippen molar-refractivity contribution in [1.82, 2.24) is 5.32 Å². The summed E-state index contributed by atoms with van der Waals surface area (Å²) >= 11 is 1.46. The molecule has 26 heavy (non-hydrogen) atoms. The van der Waals surface area contributed by atoms with Crippen LogP contribution in [0.4, 0.5) is 0 Å². The van der Waals surface area contributed by atoms with E-state index in [9.17, 15) is 4.79 Å². The van der Waals surface area contributed by atoms with Crippen molar-refractivity contribution in [2.45, 2.75) is 13.0 Å². The monoisotopic (exact) mass is 365 g/mol. The molecule has 1 atom stereocenters. The van der Waals surface area contributed by atoms with E-state index in [-0.39, 0.29) is 11.9 Å². The third-order valence-corrected chi connectivity index (χ3v) is 5.28. The second-order valence-electron chi connectivity index (χ2n) is 6.13. The molecule has 1 unspecified atom stereocenters. The fraction of sp³-hybridized carbons (Fsp3) is 0.190. The smallest absolute Gasteiger partial charge is 0.262 e. The molecule has 5 heteroatoms. The third kappa shape index (κ3) is 3.30. The molecule has 0 radical (unpaired) electrons. The summed E-state index contributed by atoms with van der Waals surface area (Å²) in [4.78, 5) is 13.5. The lowest BCUT2D eigenvalue weighted by Gasteiger charge is -2.21. The van der Waals surface area contributed by atoms with E-state index in [4.69, 9.17) is 9.47 Å². The molecule has 1 N–H and O–H groups in total. The van der Waals surface area contributed by atoms with Gasteiger partial charge in [0.2, 0.25) is 0 Å². The third-order valence-electron chi connectivity index (χ3n) is 4.37. The quantitative estimate of drug-likeness (QED) is 0.730. The van der Waals surface area contributed by atoms with Crippen LogP contribution < -0.4 is 14.8 Å². The average molecular weight is 365 g/mol. The largest absolute Gasteiger partial charge is 0.486 e. The number of hydrogen-bond donors (Lipinski definition) is 1. The van der Waals surface area contributed by atoms with Gasteiger partial charge in [0.1, 0.15) is 13.2 Å². The fourth-order valence-electron chi connectivity index (χ4n) is 3.00. The molecule has 0 aliphatic carbocycles. The minimum Gasteiger partial charge on any atom is -0.486 e. The van der Waals surface area contributed by atoms with Gasteiger partial charge in [-0.1, -0.05) is 36.4 Å². The Morgan fingerprint density at radius 3 is 2.62 bits per heavy atom. The topological polar surface area (TPSA) is 47.6 Å². The molecule has 2 aromatic carbocycles. The molecule has 0 saturated carbocycles. The molecule has 0 spiro atoms. The number of rotatable bonds is 4. The van der Waals surface area contributed by atoms with Gasteiger partial charge < -0.3 is 14.8 Å². The summed E-state index contributed by atoms with van der Waals surface area (Å²) in [5, 5.41) is 5.04. The molecular formula is C21H19NO3S. The van der Waals surface area contributed by atoms with E-state index in [1.165, 1.54) is 11.3 Å². The van der Waals surface area contributed by atoms with Gasteiger partial charge in [-0.3, -0.25) is 4.79 Å². The minimum atomic E-state index is -0.135. The molecule has 1 amide bonds. The summed E-state index contributed by atoms with van der Waals surface area (Å²) < 4.78 is 11.2. The number of nitrogens with one attached hydrogen (secondary N) is 1. The Morgan fingerprint density at radius 1 is 1.04 bits per heavy atom. The van der Waals surface area contributed by atoms with Crippen LogP contribution in [0, 0.1) is 0 Å². The zero-order valence-electron chi connectivity index (χ0n) is 14.4. The SMILES string of the molecule is CC(NC(=O)c1sccc1-c1ccccc1)c1ccc2c(c1)OCCO2. The lowest BCUT2D eigenvalue weighted by atomic mass is 10.1. The lowest BCUT2D eigenvalue weighted by Crippen LogP contribution is -2.26. The van der Waals surface area contributed by atoms with E-state index >= 15 is 0 Å². The second kappa shape index (κ2) is 7.22. The van der Waals surface area contributed by atoms with E-state index < -0.39 is 0 Å².